The zero-order chi connectivity index (χ0) is 19.6. The molecule has 0 bridgehead atoms. The molecule has 3 rings (SSSR count). The van der Waals surface area contributed by atoms with Gasteiger partial charge in [0.05, 0.1) is 22.6 Å². The van der Waals surface area contributed by atoms with E-state index in [1.54, 1.807) is 7.11 Å². The smallest absolute Gasteiger partial charge is 0.295 e. The lowest BCUT2D eigenvalue weighted by molar-refractivity contribution is -0.384. The van der Waals surface area contributed by atoms with Gasteiger partial charge < -0.3 is 4.74 Å². The highest BCUT2D eigenvalue weighted by Crippen LogP contribution is 2.29. The van der Waals surface area contributed by atoms with Crippen LogP contribution in [-0.4, -0.2) is 26.2 Å². The quantitative estimate of drug-likeness (QED) is 0.594. The maximum absolute atomic E-state index is 11.4. The minimum absolute atomic E-state index is 0.0838. The molecule has 142 valence electrons. The fourth-order valence-electron chi connectivity index (χ4n) is 2.94. The number of hydrogen-bond acceptors (Lipinski definition) is 7. The van der Waals surface area contributed by atoms with Crippen molar-refractivity contribution in [2.24, 2.45) is 10.2 Å². The average Bonchev–Trinajstić information content (AvgIpc) is 2.64. The number of aryl methyl sites for hydroxylation is 1. The number of rotatable bonds is 5. The Morgan fingerprint density at radius 3 is 2.67 bits per heavy atom. The molecule has 1 aliphatic carbocycles. The van der Waals surface area contributed by atoms with Crippen molar-refractivity contribution in [3.63, 3.8) is 0 Å². The van der Waals surface area contributed by atoms with Gasteiger partial charge in [0.25, 0.3) is 5.69 Å². The van der Waals surface area contributed by atoms with Crippen LogP contribution >= 0.6 is 0 Å². The lowest BCUT2D eigenvalue weighted by atomic mass is 9.90. The third kappa shape index (κ3) is 4.07. The normalized spacial score (nSPS) is 15.3. The second kappa shape index (κ2) is 7.33. The Labute approximate surface area is 156 Å². The standard InChI is InChI=1S/C17H18N4O5S/c1-26-12-5-7-14-11(9-12)3-2-4-15(14)19-20-16-8-6-13(27(18,24)25)10-17(16)21(22)23/h5-10,20H,2-4H2,1H3,(H2,18,24,25). The second-order valence-corrected chi connectivity index (χ2v) is 7.59. The van der Waals surface area contributed by atoms with Crippen LogP contribution in [0.4, 0.5) is 11.4 Å². The third-order valence-electron chi connectivity index (χ3n) is 4.29. The van der Waals surface area contributed by atoms with Crippen molar-refractivity contribution in [3.05, 3.63) is 57.6 Å². The number of nitrogens with two attached hydrogens (primary N) is 1. The summed E-state index contributed by atoms with van der Waals surface area (Å²) < 4.78 is 28.1. The van der Waals surface area contributed by atoms with Gasteiger partial charge in [0.2, 0.25) is 10.0 Å². The summed E-state index contributed by atoms with van der Waals surface area (Å²) >= 11 is 0. The van der Waals surface area contributed by atoms with Crippen LogP contribution in [0.15, 0.2) is 46.4 Å². The number of methoxy groups -OCH3 is 1. The molecule has 0 amide bonds. The van der Waals surface area contributed by atoms with Crippen LogP contribution in [0.5, 0.6) is 5.75 Å². The van der Waals surface area contributed by atoms with E-state index in [-0.39, 0.29) is 10.6 Å². The summed E-state index contributed by atoms with van der Waals surface area (Å²) in [6.07, 6.45) is 2.51. The molecule has 0 saturated carbocycles. The van der Waals surface area contributed by atoms with Gasteiger partial charge in [-0.3, -0.25) is 15.5 Å². The molecule has 10 heteroatoms. The molecule has 0 heterocycles. The molecule has 0 aromatic heterocycles. The van der Waals surface area contributed by atoms with Gasteiger partial charge in [0.15, 0.2) is 0 Å². The third-order valence-corrected chi connectivity index (χ3v) is 5.20. The minimum atomic E-state index is -4.04. The Bertz CT molecular complexity index is 1030. The summed E-state index contributed by atoms with van der Waals surface area (Å²) in [7, 11) is -2.43. The number of nitrogens with zero attached hydrogens (tertiary/aromatic N) is 2. The number of nitrogens with one attached hydrogen (secondary N) is 1. The van der Waals surface area contributed by atoms with E-state index in [2.05, 4.69) is 10.5 Å². The van der Waals surface area contributed by atoms with Crippen molar-refractivity contribution in [1.82, 2.24) is 0 Å². The Morgan fingerprint density at radius 2 is 2.00 bits per heavy atom. The Kier molecular flexibility index (Phi) is 5.10. The largest absolute Gasteiger partial charge is 0.497 e. The average molecular weight is 390 g/mol. The van der Waals surface area contributed by atoms with Crippen LogP contribution in [0.25, 0.3) is 0 Å². The molecule has 0 saturated heterocycles. The van der Waals surface area contributed by atoms with Gasteiger partial charge in [0, 0.05) is 11.6 Å². The summed E-state index contributed by atoms with van der Waals surface area (Å²) in [5.74, 6) is 0.761. The number of nitro benzene ring substituents is 1. The first-order valence-corrected chi connectivity index (χ1v) is 9.65. The van der Waals surface area contributed by atoms with Gasteiger partial charge in [-0.2, -0.15) is 5.10 Å². The van der Waals surface area contributed by atoms with Crippen molar-refractivity contribution in [1.29, 1.82) is 0 Å². The van der Waals surface area contributed by atoms with Crippen LogP contribution in [0.2, 0.25) is 0 Å². The van der Waals surface area contributed by atoms with Crippen LogP contribution in [0.3, 0.4) is 0 Å². The first-order valence-electron chi connectivity index (χ1n) is 8.10. The van der Waals surface area contributed by atoms with Gasteiger partial charge in [-0.1, -0.05) is 0 Å². The number of fused-ring (bicyclic) bond motifs is 1. The fraction of sp³-hybridized carbons (Fsp3) is 0.235. The van der Waals surface area contributed by atoms with Crippen molar-refractivity contribution >= 4 is 27.1 Å². The number of benzene rings is 2. The number of nitro groups is 1. The first kappa shape index (κ1) is 18.8. The molecular formula is C17H18N4O5S. The number of hydrazone groups is 1. The highest BCUT2D eigenvalue weighted by molar-refractivity contribution is 7.89. The van der Waals surface area contributed by atoms with Crippen molar-refractivity contribution < 1.29 is 18.1 Å². The summed E-state index contributed by atoms with van der Waals surface area (Å²) in [6, 6.07) is 9.09. The predicted molar refractivity (Wildman–Crippen MR) is 101 cm³/mol. The number of primary sulfonamides is 1. The first-order chi connectivity index (χ1) is 12.8. The van der Waals surface area contributed by atoms with Crippen molar-refractivity contribution in [2.75, 3.05) is 12.5 Å². The van der Waals surface area contributed by atoms with Gasteiger partial charge in [-0.05, 0) is 55.2 Å². The molecule has 27 heavy (non-hydrogen) atoms. The van der Waals surface area contributed by atoms with Crippen LogP contribution in [0, 0.1) is 10.1 Å². The summed E-state index contributed by atoms with van der Waals surface area (Å²) in [6.45, 7) is 0. The van der Waals surface area contributed by atoms with E-state index >= 15 is 0 Å². The van der Waals surface area contributed by atoms with Gasteiger partial charge in [-0.15, -0.1) is 0 Å². The molecule has 0 radical (unpaired) electrons. The monoisotopic (exact) mass is 390 g/mol. The minimum Gasteiger partial charge on any atom is -0.497 e. The summed E-state index contributed by atoms with van der Waals surface area (Å²) in [5.41, 5.74) is 5.18. The molecule has 0 unspecified atom stereocenters. The predicted octanol–water partition coefficient (Wildman–Crippen LogP) is 2.40. The van der Waals surface area contributed by atoms with Crippen LogP contribution < -0.4 is 15.3 Å². The molecule has 0 aliphatic heterocycles. The maximum Gasteiger partial charge on any atom is 0.295 e. The number of ether oxygens (including phenoxy) is 1. The number of hydrogen-bond donors (Lipinski definition) is 2. The van der Waals surface area contributed by atoms with E-state index in [9.17, 15) is 18.5 Å². The lowest BCUT2D eigenvalue weighted by Crippen LogP contribution is -2.14. The van der Waals surface area contributed by atoms with E-state index in [4.69, 9.17) is 9.88 Å². The topological polar surface area (TPSA) is 137 Å². The fourth-order valence-corrected chi connectivity index (χ4v) is 3.48. The Morgan fingerprint density at radius 1 is 1.22 bits per heavy atom. The molecule has 1 aliphatic rings. The number of anilines is 1. The van der Waals surface area contributed by atoms with Gasteiger partial charge in [0.1, 0.15) is 11.4 Å². The maximum atomic E-state index is 11.4. The SMILES string of the molecule is COc1ccc2c(c1)CCCC2=NNc1ccc(S(N)(=O)=O)cc1[N+](=O)[O-]. The molecular weight excluding hydrogens is 372 g/mol. The zero-order valence-electron chi connectivity index (χ0n) is 14.5. The van der Waals surface area contributed by atoms with E-state index < -0.39 is 20.6 Å². The zero-order valence-corrected chi connectivity index (χ0v) is 15.3. The molecule has 0 atom stereocenters. The highest BCUT2D eigenvalue weighted by atomic mass is 32.2. The van der Waals surface area contributed by atoms with Crippen molar-refractivity contribution in [2.45, 2.75) is 24.2 Å². The highest BCUT2D eigenvalue weighted by Gasteiger charge is 2.20. The van der Waals surface area contributed by atoms with E-state index in [0.29, 0.717) is 0 Å². The van der Waals surface area contributed by atoms with E-state index in [0.717, 1.165) is 47.9 Å². The molecule has 0 spiro atoms. The molecule has 3 N–H and O–H groups in total. The number of sulfonamides is 1. The summed E-state index contributed by atoms with van der Waals surface area (Å²) in [4.78, 5) is 10.3. The van der Waals surface area contributed by atoms with Gasteiger partial charge >= 0.3 is 0 Å². The summed E-state index contributed by atoms with van der Waals surface area (Å²) in [5, 5.41) is 20.6. The molecule has 9 nitrogen and oxygen atoms in total. The van der Waals surface area contributed by atoms with Crippen molar-refractivity contribution in [3.8, 4) is 5.75 Å². The lowest BCUT2D eigenvalue weighted by Gasteiger charge is -2.18. The molecule has 2 aromatic carbocycles. The molecule has 0 fully saturated rings. The van der Waals surface area contributed by atoms with E-state index in [1.807, 2.05) is 18.2 Å². The van der Waals surface area contributed by atoms with Crippen LogP contribution in [-0.2, 0) is 16.4 Å². The second-order valence-electron chi connectivity index (χ2n) is 6.03. The molecule has 2 aromatic rings. The van der Waals surface area contributed by atoms with E-state index in [1.165, 1.54) is 12.1 Å². The Hall–Kier alpha value is -2.98. The Balaban J connectivity index is 1.94. The van der Waals surface area contributed by atoms with Crippen LogP contribution in [0.1, 0.15) is 24.0 Å². The van der Waals surface area contributed by atoms with Gasteiger partial charge in [-0.25, -0.2) is 13.6 Å².